The third-order valence-corrected chi connectivity index (χ3v) is 3.71. The van der Waals surface area contributed by atoms with Gasteiger partial charge in [-0.05, 0) is 60.2 Å². The standard InChI is InChI=1S/C18H17N5O3/c1-12-3-8-16(13(2)9-12)20-17(24)10-26-18(25)14-4-6-15(7-5-14)23-11-19-21-22-23/h3-9,11H,10H2,1-2H3,(H,20,24). The van der Waals surface area contributed by atoms with Crippen LogP contribution in [0.3, 0.4) is 0 Å². The first kappa shape index (κ1) is 17.3. The molecule has 1 heterocycles. The molecule has 0 aliphatic heterocycles. The highest BCUT2D eigenvalue weighted by Crippen LogP contribution is 2.16. The maximum absolute atomic E-state index is 12.1. The second-order valence-corrected chi connectivity index (χ2v) is 5.74. The molecule has 0 atom stereocenters. The Hall–Kier alpha value is -3.55. The predicted molar refractivity (Wildman–Crippen MR) is 94.0 cm³/mol. The summed E-state index contributed by atoms with van der Waals surface area (Å²) < 4.78 is 6.52. The summed E-state index contributed by atoms with van der Waals surface area (Å²) in [5.74, 6) is -0.973. The van der Waals surface area contributed by atoms with E-state index in [-0.39, 0.29) is 6.61 Å². The Morgan fingerprint density at radius 2 is 1.88 bits per heavy atom. The SMILES string of the molecule is Cc1ccc(NC(=O)COC(=O)c2ccc(-n3cnnn3)cc2)c(C)c1. The van der Waals surface area contributed by atoms with Crippen molar-refractivity contribution in [3.05, 3.63) is 65.5 Å². The highest BCUT2D eigenvalue weighted by Gasteiger charge is 2.11. The molecule has 8 heteroatoms. The number of hydrogen-bond acceptors (Lipinski definition) is 6. The molecule has 0 saturated heterocycles. The van der Waals surface area contributed by atoms with Gasteiger partial charge in [0.25, 0.3) is 5.91 Å². The van der Waals surface area contributed by atoms with Crippen LogP contribution in [0.25, 0.3) is 5.69 Å². The Labute approximate surface area is 149 Å². The minimum Gasteiger partial charge on any atom is -0.452 e. The lowest BCUT2D eigenvalue weighted by Gasteiger charge is -2.10. The topological polar surface area (TPSA) is 99.0 Å². The van der Waals surface area contributed by atoms with E-state index in [2.05, 4.69) is 20.8 Å². The van der Waals surface area contributed by atoms with E-state index in [0.717, 1.165) is 11.1 Å². The monoisotopic (exact) mass is 351 g/mol. The van der Waals surface area contributed by atoms with Crippen molar-refractivity contribution in [3.8, 4) is 5.69 Å². The third-order valence-electron chi connectivity index (χ3n) is 3.71. The summed E-state index contributed by atoms with van der Waals surface area (Å²) in [4.78, 5) is 24.0. The van der Waals surface area contributed by atoms with Crippen LogP contribution in [-0.4, -0.2) is 38.7 Å². The van der Waals surface area contributed by atoms with Crippen LogP contribution in [0, 0.1) is 13.8 Å². The molecular weight excluding hydrogens is 334 g/mol. The molecule has 0 fully saturated rings. The Balaban J connectivity index is 1.55. The van der Waals surface area contributed by atoms with Gasteiger partial charge >= 0.3 is 5.97 Å². The smallest absolute Gasteiger partial charge is 0.338 e. The lowest BCUT2D eigenvalue weighted by Crippen LogP contribution is -2.21. The van der Waals surface area contributed by atoms with Gasteiger partial charge in [0, 0.05) is 5.69 Å². The van der Waals surface area contributed by atoms with Crippen molar-refractivity contribution in [1.29, 1.82) is 0 Å². The van der Waals surface area contributed by atoms with Crippen molar-refractivity contribution in [2.24, 2.45) is 0 Å². The summed E-state index contributed by atoms with van der Waals surface area (Å²) in [5, 5.41) is 13.6. The van der Waals surface area contributed by atoms with Gasteiger partial charge in [0.1, 0.15) is 6.33 Å². The molecule has 1 N–H and O–H groups in total. The fraction of sp³-hybridized carbons (Fsp3) is 0.167. The van der Waals surface area contributed by atoms with Gasteiger partial charge < -0.3 is 10.1 Å². The van der Waals surface area contributed by atoms with Gasteiger partial charge in [-0.3, -0.25) is 4.79 Å². The van der Waals surface area contributed by atoms with Gasteiger partial charge in [0.05, 0.1) is 11.3 Å². The molecule has 26 heavy (non-hydrogen) atoms. The lowest BCUT2D eigenvalue weighted by molar-refractivity contribution is -0.119. The number of tetrazole rings is 1. The van der Waals surface area contributed by atoms with E-state index < -0.39 is 11.9 Å². The third kappa shape index (κ3) is 4.10. The van der Waals surface area contributed by atoms with Crippen LogP contribution in [0.15, 0.2) is 48.8 Å². The van der Waals surface area contributed by atoms with E-state index in [1.807, 2.05) is 32.0 Å². The predicted octanol–water partition coefficient (Wildman–Crippen LogP) is 2.07. The molecule has 1 amide bonds. The molecule has 8 nitrogen and oxygen atoms in total. The first-order chi connectivity index (χ1) is 12.5. The first-order valence-electron chi connectivity index (χ1n) is 7.90. The van der Waals surface area contributed by atoms with E-state index in [9.17, 15) is 9.59 Å². The van der Waals surface area contributed by atoms with Gasteiger partial charge in [-0.15, -0.1) is 5.10 Å². The molecular formula is C18H17N5O3. The minimum absolute atomic E-state index is 0.334. The molecule has 3 aromatic rings. The number of amides is 1. The summed E-state index contributed by atoms with van der Waals surface area (Å²) in [6.07, 6.45) is 1.45. The van der Waals surface area contributed by atoms with Crippen LogP contribution in [0.4, 0.5) is 5.69 Å². The molecule has 0 unspecified atom stereocenters. The molecule has 3 rings (SSSR count). The van der Waals surface area contributed by atoms with Crippen molar-refractivity contribution in [2.45, 2.75) is 13.8 Å². The number of anilines is 1. The van der Waals surface area contributed by atoms with Crippen molar-refractivity contribution >= 4 is 17.6 Å². The Morgan fingerprint density at radius 3 is 2.54 bits per heavy atom. The van der Waals surface area contributed by atoms with Crippen molar-refractivity contribution in [3.63, 3.8) is 0 Å². The fourth-order valence-corrected chi connectivity index (χ4v) is 2.38. The molecule has 132 valence electrons. The van der Waals surface area contributed by atoms with Crippen LogP contribution in [0.1, 0.15) is 21.5 Å². The van der Waals surface area contributed by atoms with Gasteiger partial charge in [-0.1, -0.05) is 17.7 Å². The number of nitrogens with one attached hydrogen (secondary N) is 1. The van der Waals surface area contributed by atoms with E-state index in [0.29, 0.717) is 16.9 Å². The molecule has 0 aliphatic carbocycles. The molecule has 0 aliphatic rings. The maximum atomic E-state index is 12.1. The van der Waals surface area contributed by atoms with Gasteiger partial charge in [0.15, 0.2) is 6.61 Å². The molecule has 0 bridgehead atoms. The summed E-state index contributed by atoms with van der Waals surface area (Å²) in [6, 6.07) is 12.2. The summed E-state index contributed by atoms with van der Waals surface area (Å²) in [6.45, 7) is 3.52. The maximum Gasteiger partial charge on any atom is 0.338 e. The van der Waals surface area contributed by atoms with E-state index >= 15 is 0 Å². The number of ether oxygens (including phenoxy) is 1. The van der Waals surface area contributed by atoms with E-state index in [1.165, 1.54) is 11.0 Å². The van der Waals surface area contributed by atoms with E-state index in [1.54, 1.807) is 24.3 Å². The molecule has 0 saturated carbocycles. The number of carbonyl (C=O) groups excluding carboxylic acids is 2. The van der Waals surface area contributed by atoms with Crippen molar-refractivity contribution in [2.75, 3.05) is 11.9 Å². The Bertz CT molecular complexity index is 921. The lowest BCUT2D eigenvalue weighted by atomic mass is 10.1. The summed E-state index contributed by atoms with van der Waals surface area (Å²) in [7, 11) is 0. The quantitative estimate of drug-likeness (QED) is 0.707. The highest BCUT2D eigenvalue weighted by molar-refractivity contribution is 5.96. The largest absolute Gasteiger partial charge is 0.452 e. The molecule has 0 radical (unpaired) electrons. The second kappa shape index (κ2) is 7.56. The molecule has 1 aromatic heterocycles. The summed E-state index contributed by atoms with van der Waals surface area (Å²) in [5.41, 5.74) is 3.79. The number of esters is 1. The zero-order valence-corrected chi connectivity index (χ0v) is 14.3. The minimum atomic E-state index is -0.580. The Morgan fingerprint density at radius 1 is 1.12 bits per heavy atom. The number of rotatable bonds is 5. The highest BCUT2D eigenvalue weighted by atomic mass is 16.5. The zero-order chi connectivity index (χ0) is 18.5. The van der Waals surface area contributed by atoms with E-state index in [4.69, 9.17) is 4.74 Å². The van der Waals surface area contributed by atoms with Crippen LogP contribution in [0.2, 0.25) is 0 Å². The van der Waals surface area contributed by atoms with Crippen LogP contribution in [0.5, 0.6) is 0 Å². The van der Waals surface area contributed by atoms with Crippen LogP contribution >= 0.6 is 0 Å². The number of carbonyl (C=O) groups is 2. The number of nitrogens with zero attached hydrogens (tertiary/aromatic N) is 4. The van der Waals surface area contributed by atoms with Crippen LogP contribution < -0.4 is 5.32 Å². The van der Waals surface area contributed by atoms with Crippen LogP contribution in [-0.2, 0) is 9.53 Å². The average Bonchev–Trinajstić information content (AvgIpc) is 3.17. The Kier molecular flexibility index (Phi) is 5.02. The van der Waals surface area contributed by atoms with Crippen molar-refractivity contribution < 1.29 is 14.3 Å². The normalized spacial score (nSPS) is 10.4. The number of aryl methyl sites for hydroxylation is 2. The molecule has 2 aromatic carbocycles. The fourth-order valence-electron chi connectivity index (χ4n) is 2.38. The van der Waals surface area contributed by atoms with Gasteiger partial charge in [-0.2, -0.15) is 0 Å². The van der Waals surface area contributed by atoms with Gasteiger partial charge in [-0.25, -0.2) is 9.48 Å². The molecule has 0 spiro atoms. The van der Waals surface area contributed by atoms with Crippen molar-refractivity contribution in [1.82, 2.24) is 20.2 Å². The number of aromatic nitrogens is 4. The first-order valence-corrected chi connectivity index (χ1v) is 7.90. The number of benzene rings is 2. The van der Waals surface area contributed by atoms with Gasteiger partial charge in [0.2, 0.25) is 0 Å². The zero-order valence-electron chi connectivity index (χ0n) is 14.3. The summed E-state index contributed by atoms with van der Waals surface area (Å²) >= 11 is 0. The number of hydrogen-bond donors (Lipinski definition) is 1. The average molecular weight is 351 g/mol. The second-order valence-electron chi connectivity index (χ2n) is 5.74.